The van der Waals surface area contributed by atoms with Crippen LogP contribution in [0.5, 0.6) is 0 Å². The van der Waals surface area contributed by atoms with Gasteiger partial charge in [-0.15, -0.1) is 0 Å². The number of rotatable bonds is 5. The molecule has 0 aliphatic carbocycles. The lowest BCUT2D eigenvalue weighted by molar-refractivity contribution is -0.130. The Labute approximate surface area is 137 Å². The van der Waals surface area contributed by atoms with Gasteiger partial charge in [0, 0.05) is 36.8 Å². The summed E-state index contributed by atoms with van der Waals surface area (Å²) < 4.78 is 0. The van der Waals surface area contributed by atoms with Gasteiger partial charge in [0.1, 0.15) is 5.82 Å². The molecule has 23 heavy (non-hydrogen) atoms. The van der Waals surface area contributed by atoms with Crippen molar-refractivity contribution in [2.75, 3.05) is 27.2 Å². The van der Waals surface area contributed by atoms with Crippen molar-refractivity contribution in [3.05, 3.63) is 27.4 Å². The van der Waals surface area contributed by atoms with E-state index in [1.54, 1.807) is 6.92 Å². The Bertz CT molecular complexity index is 624. The third kappa shape index (κ3) is 3.99. The van der Waals surface area contributed by atoms with Crippen molar-refractivity contribution < 1.29 is 4.79 Å². The van der Waals surface area contributed by atoms with Crippen LogP contribution in [0.25, 0.3) is 0 Å². The molecule has 1 aromatic rings. The van der Waals surface area contributed by atoms with Crippen LogP contribution in [0.2, 0.25) is 0 Å². The van der Waals surface area contributed by atoms with E-state index in [0.29, 0.717) is 36.2 Å². The maximum Gasteiger partial charge on any atom is 0.254 e. The highest BCUT2D eigenvalue weighted by molar-refractivity contribution is 5.76. The van der Waals surface area contributed by atoms with E-state index < -0.39 is 0 Å². The number of H-pyrrole nitrogens is 1. The van der Waals surface area contributed by atoms with Gasteiger partial charge >= 0.3 is 0 Å². The van der Waals surface area contributed by atoms with Gasteiger partial charge in [0.2, 0.25) is 5.91 Å². The molecule has 6 heteroatoms. The maximum atomic E-state index is 12.5. The number of aromatic amines is 1. The molecule has 0 spiro atoms. The SMILES string of the molecule is CC[C@@H]1CN(C(=O)CCc2c(C)nc(C)[nH]c2=O)C[C@@H]1N(C)C. The molecular formula is C17H28N4O2. The van der Waals surface area contributed by atoms with Crippen molar-refractivity contribution in [2.45, 2.75) is 46.1 Å². The zero-order valence-corrected chi connectivity index (χ0v) is 14.8. The molecule has 1 amide bonds. The van der Waals surface area contributed by atoms with Gasteiger partial charge in [0.15, 0.2) is 0 Å². The summed E-state index contributed by atoms with van der Waals surface area (Å²) in [6, 6.07) is 0.426. The van der Waals surface area contributed by atoms with Crippen molar-refractivity contribution >= 4 is 5.91 Å². The van der Waals surface area contributed by atoms with Crippen LogP contribution >= 0.6 is 0 Å². The van der Waals surface area contributed by atoms with Crippen LogP contribution in [0.4, 0.5) is 0 Å². The van der Waals surface area contributed by atoms with Gasteiger partial charge < -0.3 is 14.8 Å². The number of nitrogens with zero attached hydrogens (tertiary/aromatic N) is 3. The number of aromatic nitrogens is 2. The third-order valence-electron chi connectivity index (χ3n) is 4.88. The summed E-state index contributed by atoms with van der Waals surface area (Å²) in [4.78, 5) is 35.7. The molecule has 1 saturated heterocycles. The number of likely N-dealkylation sites (tertiary alicyclic amines) is 1. The number of hydrogen-bond donors (Lipinski definition) is 1. The summed E-state index contributed by atoms with van der Waals surface area (Å²) in [5, 5.41) is 0. The lowest BCUT2D eigenvalue weighted by Gasteiger charge is -2.23. The van der Waals surface area contributed by atoms with Crippen LogP contribution in [0.1, 0.15) is 36.8 Å². The summed E-state index contributed by atoms with van der Waals surface area (Å²) in [5.74, 6) is 1.27. The molecule has 1 aliphatic heterocycles. The third-order valence-corrected chi connectivity index (χ3v) is 4.88. The Balaban J connectivity index is 2.00. The predicted octanol–water partition coefficient (Wildman–Crippen LogP) is 1.12. The zero-order valence-electron chi connectivity index (χ0n) is 14.8. The minimum Gasteiger partial charge on any atom is -0.341 e. The Morgan fingerprint density at radius 3 is 2.57 bits per heavy atom. The van der Waals surface area contributed by atoms with Crippen molar-refractivity contribution in [2.24, 2.45) is 5.92 Å². The first-order valence-electron chi connectivity index (χ1n) is 8.34. The standard InChI is InChI=1S/C17H28N4O2/c1-6-13-9-21(10-15(13)20(4)5)16(22)8-7-14-11(2)18-12(3)19-17(14)23/h13,15H,6-10H2,1-5H3,(H,18,19,23)/t13-,15+/m1/s1. The molecule has 6 nitrogen and oxygen atoms in total. The van der Waals surface area contributed by atoms with Crippen molar-refractivity contribution in [1.82, 2.24) is 19.8 Å². The topological polar surface area (TPSA) is 69.3 Å². The van der Waals surface area contributed by atoms with E-state index in [1.165, 1.54) is 0 Å². The van der Waals surface area contributed by atoms with E-state index in [4.69, 9.17) is 0 Å². The molecule has 0 radical (unpaired) electrons. The summed E-state index contributed by atoms with van der Waals surface area (Å²) in [6.45, 7) is 7.37. The number of carbonyl (C=O) groups excluding carboxylic acids is 1. The highest BCUT2D eigenvalue weighted by Crippen LogP contribution is 2.24. The van der Waals surface area contributed by atoms with Gasteiger partial charge in [0.05, 0.1) is 0 Å². The number of likely N-dealkylation sites (N-methyl/N-ethyl adjacent to an activating group) is 1. The van der Waals surface area contributed by atoms with Crippen LogP contribution in [0, 0.1) is 19.8 Å². The lowest BCUT2D eigenvalue weighted by Crippen LogP contribution is -2.36. The first-order chi connectivity index (χ1) is 10.8. The summed E-state index contributed by atoms with van der Waals surface area (Å²) in [5.41, 5.74) is 1.22. The molecule has 0 unspecified atom stereocenters. The minimum atomic E-state index is -0.123. The van der Waals surface area contributed by atoms with Crippen LogP contribution in [-0.2, 0) is 11.2 Å². The van der Waals surface area contributed by atoms with E-state index in [2.05, 4.69) is 35.9 Å². The number of aryl methyl sites for hydroxylation is 2. The van der Waals surface area contributed by atoms with Crippen LogP contribution in [0.3, 0.4) is 0 Å². The summed E-state index contributed by atoms with van der Waals surface area (Å²) in [7, 11) is 4.14. The van der Waals surface area contributed by atoms with Gasteiger partial charge in [-0.25, -0.2) is 4.98 Å². The van der Waals surface area contributed by atoms with E-state index in [9.17, 15) is 9.59 Å². The zero-order chi connectivity index (χ0) is 17.1. The first kappa shape index (κ1) is 17.7. The summed E-state index contributed by atoms with van der Waals surface area (Å²) >= 11 is 0. The van der Waals surface area contributed by atoms with Gasteiger partial charge in [-0.05, 0) is 40.3 Å². The molecule has 128 valence electrons. The van der Waals surface area contributed by atoms with E-state index in [-0.39, 0.29) is 11.5 Å². The fourth-order valence-corrected chi connectivity index (χ4v) is 3.48. The molecule has 2 rings (SSSR count). The average Bonchev–Trinajstić information content (AvgIpc) is 2.90. The Hall–Kier alpha value is -1.69. The normalized spacial score (nSPS) is 21.2. The largest absolute Gasteiger partial charge is 0.341 e. The fourth-order valence-electron chi connectivity index (χ4n) is 3.48. The van der Waals surface area contributed by atoms with Crippen LogP contribution in [0.15, 0.2) is 4.79 Å². The molecule has 1 aromatic heterocycles. The Morgan fingerprint density at radius 2 is 2.04 bits per heavy atom. The molecule has 2 heterocycles. The molecule has 1 fully saturated rings. The lowest BCUT2D eigenvalue weighted by atomic mass is 10.0. The quantitative estimate of drug-likeness (QED) is 0.882. The van der Waals surface area contributed by atoms with Gasteiger partial charge in [0.25, 0.3) is 5.56 Å². The molecule has 0 bridgehead atoms. The van der Waals surface area contributed by atoms with Crippen molar-refractivity contribution in [3.63, 3.8) is 0 Å². The second-order valence-electron chi connectivity index (χ2n) is 6.71. The number of hydrogen-bond acceptors (Lipinski definition) is 4. The second-order valence-corrected chi connectivity index (χ2v) is 6.71. The van der Waals surface area contributed by atoms with Gasteiger partial charge in [-0.3, -0.25) is 9.59 Å². The van der Waals surface area contributed by atoms with Crippen molar-refractivity contribution in [1.29, 1.82) is 0 Å². The molecule has 0 saturated carbocycles. The number of carbonyl (C=O) groups is 1. The average molecular weight is 320 g/mol. The number of nitrogens with one attached hydrogen (secondary N) is 1. The predicted molar refractivity (Wildman–Crippen MR) is 90.5 cm³/mol. The van der Waals surface area contributed by atoms with E-state index in [0.717, 1.165) is 25.2 Å². The monoisotopic (exact) mass is 320 g/mol. The van der Waals surface area contributed by atoms with Crippen LogP contribution < -0.4 is 5.56 Å². The maximum absolute atomic E-state index is 12.5. The molecule has 1 aliphatic rings. The summed E-state index contributed by atoms with van der Waals surface area (Å²) in [6.07, 6.45) is 1.89. The molecule has 2 atom stereocenters. The van der Waals surface area contributed by atoms with Gasteiger partial charge in [-0.1, -0.05) is 13.3 Å². The first-order valence-corrected chi connectivity index (χ1v) is 8.34. The second kappa shape index (κ2) is 7.25. The van der Waals surface area contributed by atoms with Crippen molar-refractivity contribution in [3.8, 4) is 0 Å². The van der Waals surface area contributed by atoms with E-state index in [1.807, 2.05) is 11.8 Å². The van der Waals surface area contributed by atoms with Gasteiger partial charge in [-0.2, -0.15) is 0 Å². The number of amides is 1. The Morgan fingerprint density at radius 1 is 1.35 bits per heavy atom. The van der Waals surface area contributed by atoms with Crippen LogP contribution in [-0.4, -0.2) is 58.9 Å². The smallest absolute Gasteiger partial charge is 0.254 e. The molecule has 0 aromatic carbocycles. The highest BCUT2D eigenvalue weighted by Gasteiger charge is 2.34. The van der Waals surface area contributed by atoms with E-state index >= 15 is 0 Å². The fraction of sp³-hybridized carbons (Fsp3) is 0.706. The molecular weight excluding hydrogens is 292 g/mol. The highest BCUT2D eigenvalue weighted by atomic mass is 16.2. The molecule has 1 N–H and O–H groups in total. The Kier molecular flexibility index (Phi) is 5.57. The minimum absolute atomic E-state index is 0.123.